The summed E-state index contributed by atoms with van der Waals surface area (Å²) in [5.74, 6) is -0.306. The van der Waals surface area contributed by atoms with Gasteiger partial charge in [-0.25, -0.2) is 4.79 Å². The number of methoxy groups -OCH3 is 1. The van der Waals surface area contributed by atoms with Gasteiger partial charge >= 0.3 is 5.97 Å². The molecule has 0 aromatic heterocycles. The van der Waals surface area contributed by atoms with Crippen molar-refractivity contribution >= 4 is 18.4 Å². The second-order valence-corrected chi connectivity index (χ2v) is 3.70. The molecule has 0 radical (unpaired) electrons. The van der Waals surface area contributed by atoms with Gasteiger partial charge in [0, 0.05) is 6.54 Å². The van der Waals surface area contributed by atoms with E-state index in [1.807, 2.05) is 12.1 Å². The van der Waals surface area contributed by atoms with Crippen LogP contribution in [0.5, 0.6) is 0 Å². The molecule has 0 amide bonds. The Morgan fingerprint density at radius 2 is 2.12 bits per heavy atom. The van der Waals surface area contributed by atoms with Crippen LogP contribution in [0.4, 0.5) is 0 Å². The number of carbonyl (C=O) groups is 1. The first kappa shape index (κ1) is 14.0. The van der Waals surface area contributed by atoms with Crippen LogP contribution in [0.1, 0.15) is 22.0 Å². The van der Waals surface area contributed by atoms with E-state index >= 15 is 0 Å². The molecule has 0 unspecified atom stereocenters. The fraction of sp³-hybridized carbons (Fsp3) is 0.417. The van der Waals surface area contributed by atoms with E-state index in [1.165, 1.54) is 7.11 Å². The molecule has 0 spiro atoms. The number of rotatable bonds is 2. The quantitative estimate of drug-likeness (QED) is 0.817. The van der Waals surface area contributed by atoms with Crippen molar-refractivity contribution in [2.75, 3.05) is 26.9 Å². The molecule has 94 valence electrons. The maximum Gasteiger partial charge on any atom is 0.337 e. The zero-order chi connectivity index (χ0) is 11.4. The van der Waals surface area contributed by atoms with Crippen molar-refractivity contribution in [3.8, 4) is 0 Å². The van der Waals surface area contributed by atoms with Gasteiger partial charge in [0.15, 0.2) is 0 Å². The van der Waals surface area contributed by atoms with Gasteiger partial charge in [-0.3, -0.25) is 0 Å². The minimum absolute atomic E-state index is 0. The largest absolute Gasteiger partial charge is 0.465 e. The lowest BCUT2D eigenvalue weighted by molar-refractivity contribution is 0.0600. The maximum absolute atomic E-state index is 11.2. The van der Waals surface area contributed by atoms with Gasteiger partial charge in [0.25, 0.3) is 0 Å². The number of carbonyl (C=O) groups excluding carboxylic acids is 1. The molecule has 1 aromatic carbocycles. The number of nitrogens with one attached hydrogen (secondary N) is 1. The number of hydrogen-bond donors (Lipinski definition) is 1. The van der Waals surface area contributed by atoms with Crippen molar-refractivity contribution in [3.05, 3.63) is 35.4 Å². The highest BCUT2D eigenvalue weighted by atomic mass is 35.5. The maximum atomic E-state index is 11.2. The van der Waals surface area contributed by atoms with Crippen LogP contribution in [0.2, 0.25) is 0 Å². The SMILES string of the molecule is COC(=O)c1ccc([C@@H]2COCCN2)cc1.Cl. The number of ether oxygens (including phenoxy) is 2. The van der Waals surface area contributed by atoms with Crippen molar-refractivity contribution < 1.29 is 14.3 Å². The first-order chi connectivity index (χ1) is 7.81. The fourth-order valence-corrected chi connectivity index (χ4v) is 1.75. The van der Waals surface area contributed by atoms with E-state index in [1.54, 1.807) is 12.1 Å². The van der Waals surface area contributed by atoms with E-state index in [0.29, 0.717) is 12.2 Å². The normalized spacial score (nSPS) is 19.2. The molecular formula is C12H16ClNO3. The molecule has 2 rings (SSSR count). The Labute approximate surface area is 107 Å². The first-order valence-corrected chi connectivity index (χ1v) is 5.30. The topological polar surface area (TPSA) is 47.6 Å². The van der Waals surface area contributed by atoms with Crippen molar-refractivity contribution in [1.82, 2.24) is 5.32 Å². The number of halogens is 1. The molecule has 0 bridgehead atoms. The van der Waals surface area contributed by atoms with E-state index in [9.17, 15) is 4.79 Å². The predicted molar refractivity (Wildman–Crippen MR) is 66.6 cm³/mol. The van der Waals surface area contributed by atoms with Crippen LogP contribution < -0.4 is 5.32 Å². The summed E-state index contributed by atoms with van der Waals surface area (Å²) in [5, 5.41) is 3.36. The molecule has 1 aromatic rings. The average molecular weight is 258 g/mol. The highest BCUT2D eigenvalue weighted by Gasteiger charge is 2.15. The van der Waals surface area contributed by atoms with Crippen LogP contribution in [0.25, 0.3) is 0 Å². The van der Waals surface area contributed by atoms with Crippen LogP contribution in [-0.4, -0.2) is 32.8 Å². The summed E-state index contributed by atoms with van der Waals surface area (Å²) < 4.78 is 10.0. The van der Waals surface area contributed by atoms with Gasteiger partial charge in [0.05, 0.1) is 31.9 Å². The Bertz CT molecular complexity index is 361. The summed E-state index contributed by atoms with van der Waals surface area (Å²) in [6.07, 6.45) is 0. The van der Waals surface area contributed by atoms with Crippen molar-refractivity contribution in [2.45, 2.75) is 6.04 Å². The minimum Gasteiger partial charge on any atom is -0.465 e. The van der Waals surface area contributed by atoms with Crippen molar-refractivity contribution in [2.24, 2.45) is 0 Å². The third-order valence-electron chi connectivity index (χ3n) is 2.66. The molecule has 1 saturated heterocycles. The fourth-order valence-electron chi connectivity index (χ4n) is 1.75. The Morgan fingerprint density at radius 1 is 1.41 bits per heavy atom. The monoisotopic (exact) mass is 257 g/mol. The highest BCUT2D eigenvalue weighted by Crippen LogP contribution is 2.16. The third-order valence-corrected chi connectivity index (χ3v) is 2.66. The molecule has 4 nitrogen and oxygen atoms in total. The first-order valence-electron chi connectivity index (χ1n) is 5.30. The Kier molecular flexibility index (Phi) is 5.41. The van der Waals surface area contributed by atoms with Crippen LogP contribution in [0.3, 0.4) is 0 Å². The average Bonchev–Trinajstić information content (AvgIpc) is 2.39. The molecule has 1 aliphatic rings. The zero-order valence-corrected chi connectivity index (χ0v) is 10.5. The third kappa shape index (κ3) is 3.43. The smallest absolute Gasteiger partial charge is 0.337 e. The van der Waals surface area contributed by atoms with Gasteiger partial charge in [0.1, 0.15) is 0 Å². The lowest BCUT2D eigenvalue weighted by Crippen LogP contribution is -2.34. The number of hydrogen-bond acceptors (Lipinski definition) is 4. The molecule has 5 heteroatoms. The number of esters is 1. The molecule has 1 N–H and O–H groups in total. The molecule has 0 aliphatic carbocycles. The lowest BCUT2D eigenvalue weighted by atomic mass is 10.0. The Balaban J connectivity index is 0.00000144. The second kappa shape index (κ2) is 6.59. The molecule has 0 saturated carbocycles. The summed E-state index contributed by atoms with van der Waals surface area (Å²) in [6.45, 7) is 2.30. The van der Waals surface area contributed by atoms with Gasteiger partial charge in [-0.1, -0.05) is 12.1 Å². The van der Waals surface area contributed by atoms with Gasteiger partial charge < -0.3 is 14.8 Å². The molecule has 17 heavy (non-hydrogen) atoms. The van der Waals surface area contributed by atoms with E-state index in [2.05, 4.69) is 10.1 Å². The Hall–Kier alpha value is -1.10. The second-order valence-electron chi connectivity index (χ2n) is 3.70. The van der Waals surface area contributed by atoms with E-state index < -0.39 is 0 Å². The van der Waals surface area contributed by atoms with E-state index in [0.717, 1.165) is 18.7 Å². The lowest BCUT2D eigenvalue weighted by Gasteiger charge is -2.24. The summed E-state index contributed by atoms with van der Waals surface area (Å²) in [5.41, 5.74) is 1.70. The number of morpholine rings is 1. The molecule has 1 atom stereocenters. The van der Waals surface area contributed by atoms with Gasteiger partial charge in [-0.15, -0.1) is 12.4 Å². The van der Waals surface area contributed by atoms with E-state index in [4.69, 9.17) is 4.74 Å². The predicted octanol–water partition coefficient (Wildman–Crippen LogP) is 1.56. The summed E-state index contributed by atoms with van der Waals surface area (Å²) in [4.78, 5) is 11.2. The molecule has 1 heterocycles. The summed E-state index contributed by atoms with van der Waals surface area (Å²) in [7, 11) is 1.38. The molecule has 1 fully saturated rings. The number of benzene rings is 1. The van der Waals surface area contributed by atoms with E-state index in [-0.39, 0.29) is 24.4 Å². The van der Waals surface area contributed by atoms with Crippen molar-refractivity contribution in [3.63, 3.8) is 0 Å². The van der Waals surface area contributed by atoms with Gasteiger partial charge in [-0.05, 0) is 17.7 Å². The van der Waals surface area contributed by atoms with Crippen LogP contribution in [-0.2, 0) is 9.47 Å². The van der Waals surface area contributed by atoms with Crippen molar-refractivity contribution in [1.29, 1.82) is 0 Å². The van der Waals surface area contributed by atoms with Crippen LogP contribution in [0.15, 0.2) is 24.3 Å². The standard InChI is InChI=1S/C12H15NO3.ClH/c1-15-12(14)10-4-2-9(3-5-10)11-8-16-7-6-13-11;/h2-5,11,13H,6-8H2,1H3;1H/t11-;/m0./s1. The zero-order valence-electron chi connectivity index (χ0n) is 9.64. The Morgan fingerprint density at radius 3 is 2.65 bits per heavy atom. The van der Waals surface area contributed by atoms with Crippen LogP contribution in [0, 0.1) is 0 Å². The van der Waals surface area contributed by atoms with Crippen LogP contribution >= 0.6 is 12.4 Å². The summed E-state index contributed by atoms with van der Waals surface area (Å²) in [6, 6.07) is 7.63. The van der Waals surface area contributed by atoms with Gasteiger partial charge in [-0.2, -0.15) is 0 Å². The molecular weight excluding hydrogens is 242 g/mol. The molecule has 1 aliphatic heterocycles. The van der Waals surface area contributed by atoms with Gasteiger partial charge in [0.2, 0.25) is 0 Å². The highest BCUT2D eigenvalue weighted by molar-refractivity contribution is 5.89. The minimum atomic E-state index is -0.306. The summed E-state index contributed by atoms with van der Waals surface area (Å²) >= 11 is 0.